The van der Waals surface area contributed by atoms with Gasteiger partial charge >= 0.3 is 11.9 Å². The van der Waals surface area contributed by atoms with Crippen LogP contribution in [0.2, 0.25) is 0 Å². The molecule has 0 saturated carbocycles. The van der Waals surface area contributed by atoms with Crippen LogP contribution >= 0.6 is 0 Å². The molecule has 0 aromatic heterocycles. The number of ether oxygens (including phenoxy) is 1. The van der Waals surface area contributed by atoms with Crippen LogP contribution in [0.4, 0.5) is 0 Å². The molecule has 0 unspecified atom stereocenters. The molecule has 98 valence electrons. The molecule has 2 aliphatic heterocycles. The maximum atomic E-state index is 11.4. The molecule has 2 heterocycles. The molecule has 3 rings (SSSR count). The number of fused-ring (bicyclic) bond motifs is 1. The number of hydrogen-bond donors (Lipinski definition) is 0. The van der Waals surface area contributed by atoms with Crippen LogP contribution in [0.15, 0.2) is 22.8 Å². The molecule has 1 aliphatic carbocycles. The van der Waals surface area contributed by atoms with Gasteiger partial charge in [-0.25, -0.2) is 0 Å². The van der Waals surface area contributed by atoms with Gasteiger partial charge in [0.2, 0.25) is 0 Å². The van der Waals surface area contributed by atoms with E-state index in [0.29, 0.717) is 0 Å². The van der Waals surface area contributed by atoms with E-state index in [1.165, 1.54) is 0 Å². The topological polar surface area (TPSA) is 56.5 Å². The first-order chi connectivity index (χ1) is 9.08. The van der Waals surface area contributed by atoms with Crippen LogP contribution in [-0.2, 0) is 14.3 Å². The van der Waals surface area contributed by atoms with Crippen molar-refractivity contribution in [3.05, 3.63) is 35.1 Å². The lowest BCUT2D eigenvalue weighted by Gasteiger charge is -2.20. The highest BCUT2D eigenvalue weighted by atomic mass is 16.6. The molecule has 0 spiro atoms. The number of hydrogen-bond acceptors (Lipinski definition) is 4. The Kier molecular flexibility index (Phi) is 2.66. The summed E-state index contributed by atoms with van der Waals surface area (Å²) in [7, 11) is 0. The summed E-state index contributed by atoms with van der Waals surface area (Å²) in [4.78, 5) is 22.9. The first-order valence-corrected chi connectivity index (χ1v) is 6.27. The van der Waals surface area contributed by atoms with Gasteiger partial charge in [-0.1, -0.05) is 0 Å². The third-order valence-electron chi connectivity index (χ3n) is 3.85. The van der Waals surface area contributed by atoms with Crippen molar-refractivity contribution < 1.29 is 18.7 Å². The Morgan fingerprint density at radius 1 is 1.11 bits per heavy atom. The molecule has 0 amide bonds. The van der Waals surface area contributed by atoms with Crippen LogP contribution in [-0.4, -0.2) is 11.9 Å². The summed E-state index contributed by atoms with van der Waals surface area (Å²) < 4.78 is 10.2. The largest absolute Gasteiger partial charge is 0.464 e. The standard InChI is InChI=1S/C15H14O4/c1-8-9(2)14(15-11(8)4-3-5-18-15)10-6-12(16)19-13(17)7-10/h3-5,10H,6-7H2,1-2H3. The third kappa shape index (κ3) is 1.84. The maximum Gasteiger partial charge on any atom is 0.314 e. The Morgan fingerprint density at radius 2 is 1.79 bits per heavy atom. The summed E-state index contributed by atoms with van der Waals surface area (Å²) in [5.41, 5.74) is 4.25. The van der Waals surface area contributed by atoms with E-state index < -0.39 is 11.9 Å². The van der Waals surface area contributed by atoms with E-state index in [4.69, 9.17) is 4.42 Å². The van der Waals surface area contributed by atoms with E-state index in [9.17, 15) is 9.59 Å². The van der Waals surface area contributed by atoms with E-state index in [2.05, 4.69) is 4.74 Å². The van der Waals surface area contributed by atoms with Crippen LogP contribution < -0.4 is 0 Å². The Bertz CT molecular complexity index is 622. The highest BCUT2D eigenvalue weighted by Gasteiger charge is 2.34. The number of carbonyl (C=O) groups is 2. The zero-order chi connectivity index (χ0) is 13.6. The van der Waals surface area contributed by atoms with Gasteiger partial charge < -0.3 is 9.15 Å². The van der Waals surface area contributed by atoms with Gasteiger partial charge in [0.25, 0.3) is 0 Å². The molecular weight excluding hydrogens is 244 g/mol. The van der Waals surface area contributed by atoms with Gasteiger partial charge in [-0.05, 0) is 37.1 Å². The lowest BCUT2D eigenvalue weighted by atomic mass is 9.89. The van der Waals surface area contributed by atoms with Crippen LogP contribution in [0.5, 0.6) is 0 Å². The van der Waals surface area contributed by atoms with Crippen molar-refractivity contribution in [1.29, 1.82) is 0 Å². The zero-order valence-electron chi connectivity index (χ0n) is 10.9. The summed E-state index contributed by atoms with van der Waals surface area (Å²) in [6.45, 7) is 4.03. The smallest absolute Gasteiger partial charge is 0.314 e. The fourth-order valence-corrected chi connectivity index (χ4v) is 2.84. The second-order valence-electron chi connectivity index (χ2n) is 4.97. The van der Waals surface area contributed by atoms with Gasteiger partial charge in [0, 0.05) is 17.0 Å². The second-order valence-corrected chi connectivity index (χ2v) is 4.97. The van der Waals surface area contributed by atoms with Crippen molar-refractivity contribution in [2.24, 2.45) is 0 Å². The highest BCUT2D eigenvalue weighted by molar-refractivity contribution is 5.90. The van der Waals surface area contributed by atoms with Crippen molar-refractivity contribution in [2.45, 2.75) is 32.6 Å². The van der Waals surface area contributed by atoms with Crippen molar-refractivity contribution in [1.82, 2.24) is 0 Å². The first kappa shape index (κ1) is 12.0. The molecule has 19 heavy (non-hydrogen) atoms. The van der Waals surface area contributed by atoms with E-state index in [-0.39, 0.29) is 18.8 Å². The molecule has 0 aromatic carbocycles. The van der Waals surface area contributed by atoms with Crippen molar-refractivity contribution in [2.75, 3.05) is 0 Å². The Morgan fingerprint density at radius 3 is 2.47 bits per heavy atom. The Balaban J connectivity index is 2.13. The quantitative estimate of drug-likeness (QED) is 0.583. The number of cyclic esters (lactones) is 2. The third-order valence-corrected chi connectivity index (χ3v) is 3.85. The van der Waals surface area contributed by atoms with Crippen LogP contribution in [0, 0.1) is 13.8 Å². The summed E-state index contributed by atoms with van der Waals surface area (Å²) in [5.74, 6) is -0.270. The van der Waals surface area contributed by atoms with Crippen LogP contribution in [0.25, 0.3) is 11.3 Å². The minimum Gasteiger partial charge on any atom is -0.464 e. The Hall–Kier alpha value is -2.10. The molecule has 0 N–H and O–H groups in total. The molecule has 0 bridgehead atoms. The summed E-state index contributed by atoms with van der Waals surface area (Å²) in [6.07, 6.45) is 2.08. The number of esters is 2. The van der Waals surface area contributed by atoms with E-state index in [1.54, 1.807) is 6.26 Å². The summed E-state index contributed by atoms with van der Waals surface area (Å²) in [6, 6.07) is 3.84. The van der Waals surface area contributed by atoms with Gasteiger partial charge in [-0.2, -0.15) is 0 Å². The van der Waals surface area contributed by atoms with Crippen molar-refractivity contribution in [3.8, 4) is 11.3 Å². The first-order valence-electron chi connectivity index (χ1n) is 6.27. The lowest BCUT2D eigenvalue weighted by molar-refractivity contribution is -0.163. The molecule has 0 atom stereocenters. The normalized spacial score (nSPS) is 16.9. The van der Waals surface area contributed by atoms with Gasteiger partial charge in [0.05, 0.1) is 19.1 Å². The van der Waals surface area contributed by atoms with Gasteiger partial charge in [-0.15, -0.1) is 0 Å². The van der Waals surface area contributed by atoms with Gasteiger partial charge in [0.1, 0.15) is 5.76 Å². The highest BCUT2D eigenvalue weighted by Crippen LogP contribution is 2.43. The minimum atomic E-state index is -0.455. The predicted molar refractivity (Wildman–Crippen MR) is 67.9 cm³/mol. The van der Waals surface area contributed by atoms with Crippen molar-refractivity contribution >= 4 is 11.9 Å². The average Bonchev–Trinajstić information content (AvgIpc) is 2.61. The molecule has 4 heteroatoms. The fourth-order valence-electron chi connectivity index (χ4n) is 2.84. The van der Waals surface area contributed by atoms with Crippen LogP contribution in [0.1, 0.15) is 35.4 Å². The van der Waals surface area contributed by atoms with E-state index >= 15 is 0 Å². The summed E-state index contributed by atoms with van der Waals surface area (Å²) >= 11 is 0. The lowest BCUT2D eigenvalue weighted by Crippen LogP contribution is -2.24. The fraction of sp³-hybridized carbons (Fsp3) is 0.333. The number of rotatable bonds is 1. The molecule has 3 aliphatic rings. The Labute approximate surface area is 110 Å². The number of carbonyl (C=O) groups excluding carboxylic acids is 2. The second kappa shape index (κ2) is 4.23. The molecule has 4 nitrogen and oxygen atoms in total. The van der Waals surface area contributed by atoms with E-state index in [0.717, 1.165) is 28.0 Å². The molecule has 1 saturated heterocycles. The minimum absolute atomic E-state index is 0.143. The van der Waals surface area contributed by atoms with Crippen LogP contribution in [0.3, 0.4) is 0 Å². The molecule has 1 fully saturated rings. The van der Waals surface area contributed by atoms with E-state index in [1.807, 2.05) is 26.0 Å². The maximum absolute atomic E-state index is 11.4. The molecular formula is C15H14O4. The van der Waals surface area contributed by atoms with Gasteiger partial charge in [-0.3, -0.25) is 9.59 Å². The predicted octanol–water partition coefficient (Wildman–Crippen LogP) is 2.95. The SMILES string of the molecule is Cc1c2cccoc-2c(C2CC(=O)OC(=O)C2)c1C. The molecule has 0 radical (unpaired) electrons. The van der Waals surface area contributed by atoms with Gasteiger partial charge in [0.15, 0.2) is 0 Å². The molecule has 0 aromatic rings. The van der Waals surface area contributed by atoms with Crippen molar-refractivity contribution in [3.63, 3.8) is 0 Å². The zero-order valence-corrected chi connectivity index (χ0v) is 10.9. The summed E-state index contributed by atoms with van der Waals surface area (Å²) in [5, 5.41) is 0. The average molecular weight is 258 g/mol. The monoisotopic (exact) mass is 258 g/mol.